The largest absolute Gasteiger partial charge is 0.489 e. The molecule has 3 nitrogen and oxygen atoms in total. The Labute approximate surface area is 152 Å². The molecule has 0 aliphatic heterocycles. The molecule has 3 aromatic rings. The molecule has 0 aromatic heterocycles. The van der Waals surface area contributed by atoms with Gasteiger partial charge in [-0.1, -0.05) is 30.3 Å². The summed E-state index contributed by atoms with van der Waals surface area (Å²) < 4.78 is 18.8. The highest BCUT2D eigenvalue weighted by Crippen LogP contribution is 2.18. The molecule has 26 heavy (non-hydrogen) atoms. The van der Waals surface area contributed by atoms with Gasteiger partial charge in [-0.2, -0.15) is 0 Å². The van der Waals surface area contributed by atoms with Gasteiger partial charge in [0, 0.05) is 17.8 Å². The van der Waals surface area contributed by atoms with Gasteiger partial charge in [-0.25, -0.2) is 4.39 Å². The molecule has 0 unspecified atom stereocenters. The Morgan fingerprint density at radius 2 is 1.58 bits per heavy atom. The van der Waals surface area contributed by atoms with Crippen LogP contribution >= 0.6 is 0 Å². The average molecular weight is 349 g/mol. The molecule has 0 radical (unpaired) electrons. The van der Waals surface area contributed by atoms with Gasteiger partial charge in [0.05, 0.1) is 0 Å². The summed E-state index contributed by atoms with van der Waals surface area (Å²) in [4.78, 5) is 14.4. The number of halogens is 1. The van der Waals surface area contributed by atoms with Gasteiger partial charge in [0.15, 0.2) is 0 Å². The van der Waals surface area contributed by atoms with Crippen LogP contribution in [0.15, 0.2) is 78.9 Å². The number of amides is 1. The number of anilines is 1. The van der Waals surface area contributed by atoms with Crippen LogP contribution in [0.4, 0.5) is 10.1 Å². The van der Waals surface area contributed by atoms with Gasteiger partial charge in [0.25, 0.3) is 5.91 Å². The molecule has 0 atom stereocenters. The van der Waals surface area contributed by atoms with E-state index in [1.807, 2.05) is 49.4 Å². The van der Waals surface area contributed by atoms with Crippen LogP contribution in [0.3, 0.4) is 0 Å². The summed E-state index contributed by atoms with van der Waals surface area (Å²) in [6, 6.07) is 22.9. The highest BCUT2D eigenvalue weighted by Gasteiger charge is 2.16. The SMILES string of the molecule is CCN(C(=O)c1ccc(COc2ccccc2)cc1)c1ccc(F)cc1. The van der Waals surface area contributed by atoms with Crippen LogP contribution in [0.2, 0.25) is 0 Å². The number of nitrogens with zero attached hydrogens (tertiary/aromatic N) is 1. The van der Waals surface area contributed by atoms with Crippen molar-refractivity contribution in [3.05, 3.63) is 95.8 Å². The molecule has 3 aromatic carbocycles. The molecule has 3 rings (SSSR count). The lowest BCUT2D eigenvalue weighted by molar-refractivity contribution is 0.0988. The molecule has 0 N–H and O–H groups in total. The van der Waals surface area contributed by atoms with Gasteiger partial charge < -0.3 is 9.64 Å². The maximum absolute atomic E-state index is 13.1. The predicted octanol–water partition coefficient (Wildman–Crippen LogP) is 5.07. The number of hydrogen-bond acceptors (Lipinski definition) is 2. The summed E-state index contributed by atoms with van der Waals surface area (Å²) in [7, 11) is 0. The second kappa shape index (κ2) is 8.30. The fourth-order valence-electron chi connectivity index (χ4n) is 2.65. The quantitative estimate of drug-likeness (QED) is 0.622. The van der Waals surface area contributed by atoms with Crippen LogP contribution in [0.5, 0.6) is 5.75 Å². The van der Waals surface area contributed by atoms with Crippen molar-refractivity contribution in [3.8, 4) is 5.75 Å². The number of carbonyl (C=O) groups is 1. The van der Waals surface area contributed by atoms with Crippen molar-refractivity contribution >= 4 is 11.6 Å². The third kappa shape index (κ3) is 4.28. The van der Waals surface area contributed by atoms with Crippen LogP contribution in [-0.4, -0.2) is 12.5 Å². The number of benzene rings is 3. The summed E-state index contributed by atoms with van der Waals surface area (Å²) in [5.74, 6) is 0.371. The number of carbonyl (C=O) groups excluding carboxylic acids is 1. The van der Waals surface area contributed by atoms with Crippen LogP contribution in [0.25, 0.3) is 0 Å². The summed E-state index contributed by atoms with van der Waals surface area (Å²) in [5.41, 5.74) is 2.24. The van der Waals surface area contributed by atoms with E-state index in [0.717, 1.165) is 11.3 Å². The monoisotopic (exact) mass is 349 g/mol. The number of ether oxygens (including phenoxy) is 1. The Balaban J connectivity index is 1.68. The molecule has 1 amide bonds. The molecular formula is C22H20FNO2. The summed E-state index contributed by atoms with van der Waals surface area (Å²) in [5, 5.41) is 0. The normalized spacial score (nSPS) is 10.4. The number of para-hydroxylation sites is 1. The molecular weight excluding hydrogens is 329 g/mol. The van der Waals surface area contributed by atoms with Crippen LogP contribution < -0.4 is 9.64 Å². The Kier molecular flexibility index (Phi) is 5.64. The molecule has 4 heteroatoms. The maximum atomic E-state index is 13.1. The van der Waals surface area contributed by atoms with Crippen molar-refractivity contribution in [3.63, 3.8) is 0 Å². The van der Waals surface area contributed by atoms with Gasteiger partial charge in [-0.15, -0.1) is 0 Å². The zero-order chi connectivity index (χ0) is 18.4. The Hall–Kier alpha value is -3.14. The summed E-state index contributed by atoms with van der Waals surface area (Å²) in [6.45, 7) is 2.83. The first kappa shape index (κ1) is 17.7. The summed E-state index contributed by atoms with van der Waals surface area (Å²) >= 11 is 0. The lowest BCUT2D eigenvalue weighted by atomic mass is 10.1. The average Bonchev–Trinajstić information content (AvgIpc) is 2.69. The third-order valence-electron chi connectivity index (χ3n) is 4.05. The first-order valence-corrected chi connectivity index (χ1v) is 8.51. The Morgan fingerprint density at radius 1 is 0.923 bits per heavy atom. The van der Waals surface area contributed by atoms with Gasteiger partial charge in [-0.05, 0) is 61.0 Å². The minimum Gasteiger partial charge on any atom is -0.489 e. The minimum atomic E-state index is -0.319. The summed E-state index contributed by atoms with van der Waals surface area (Å²) in [6.07, 6.45) is 0. The van der Waals surface area contributed by atoms with Gasteiger partial charge >= 0.3 is 0 Å². The van der Waals surface area contributed by atoms with E-state index >= 15 is 0 Å². The van der Waals surface area contributed by atoms with E-state index in [-0.39, 0.29) is 11.7 Å². The van der Waals surface area contributed by atoms with E-state index < -0.39 is 0 Å². The molecule has 132 valence electrons. The highest BCUT2D eigenvalue weighted by atomic mass is 19.1. The topological polar surface area (TPSA) is 29.5 Å². The van der Waals surface area contributed by atoms with Gasteiger partial charge in [0.1, 0.15) is 18.2 Å². The molecule has 0 fully saturated rings. The van der Waals surface area contributed by atoms with E-state index in [1.54, 1.807) is 29.2 Å². The molecule has 0 saturated heterocycles. The molecule has 0 spiro atoms. The Morgan fingerprint density at radius 3 is 2.19 bits per heavy atom. The lowest BCUT2D eigenvalue weighted by Crippen LogP contribution is -2.30. The molecule has 0 bridgehead atoms. The fraction of sp³-hybridized carbons (Fsp3) is 0.136. The minimum absolute atomic E-state index is 0.116. The first-order chi connectivity index (χ1) is 12.7. The highest BCUT2D eigenvalue weighted by molar-refractivity contribution is 6.06. The predicted molar refractivity (Wildman–Crippen MR) is 101 cm³/mol. The fourth-order valence-corrected chi connectivity index (χ4v) is 2.65. The Bertz CT molecular complexity index is 846. The molecule has 0 heterocycles. The van der Waals surface area contributed by atoms with Crippen molar-refractivity contribution in [2.24, 2.45) is 0 Å². The van der Waals surface area contributed by atoms with E-state index in [2.05, 4.69) is 0 Å². The van der Waals surface area contributed by atoms with Crippen molar-refractivity contribution in [1.29, 1.82) is 0 Å². The van der Waals surface area contributed by atoms with Crippen molar-refractivity contribution < 1.29 is 13.9 Å². The molecule has 0 aliphatic rings. The van der Waals surface area contributed by atoms with Crippen molar-refractivity contribution in [2.75, 3.05) is 11.4 Å². The second-order valence-electron chi connectivity index (χ2n) is 5.82. The first-order valence-electron chi connectivity index (χ1n) is 8.51. The smallest absolute Gasteiger partial charge is 0.258 e. The number of hydrogen-bond donors (Lipinski definition) is 0. The third-order valence-corrected chi connectivity index (χ3v) is 4.05. The van der Waals surface area contributed by atoms with Crippen LogP contribution in [-0.2, 0) is 6.61 Å². The molecule has 0 aliphatic carbocycles. The van der Waals surface area contributed by atoms with Gasteiger partial charge in [-0.3, -0.25) is 4.79 Å². The van der Waals surface area contributed by atoms with E-state index in [9.17, 15) is 9.18 Å². The van der Waals surface area contributed by atoms with Gasteiger partial charge in [0.2, 0.25) is 0 Å². The number of rotatable bonds is 6. The standard InChI is InChI=1S/C22H20FNO2/c1-2-24(20-14-12-19(23)13-15-20)22(25)18-10-8-17(9-11-18)16-26-21-6-4-3-5-7-21/h3-15H,2,16H2,1H3. The van der Waals surface area contributed by atoms with Crippen LogP contribution in [0.1, 0.15) is 22.8 Å². The van der Waals surface area contributed by atoms with Crippen molar-refractivity contribution in [2.45, 2.75) is 13.5 Å². The zero-order valence-corrected chi connectivity index (χ0v) is 14.6. The van der Waals surface area contributed by atoms with Crippen LogP contribution in [0, 0.1) is 5.82 Å². The molecule has 0 saturated carbocycles. The van der Waals surface area contributed by atoms with E-state index in [4.69, 9.17) is 4.74 Å². The zero-order valence-electron chi connectivity index (χ0n) is 14.6. The second-order valence-corrected chi connectivity index (χ2v) is 5.82. The van der Waals surface area contributed by atoms with Crippen molar-refractivity contribution in [1.82, 2.24) is 0 Å². The lowest BCUT2D eigenvalue weighted by Gasteiger charge is -2.21. The van der Waals surface area contributed by atoms with E-state index in [1.165, 1.54) is 12.1 Å². The maximum Gasteiger partial charge on any atom is 0.258 e. The van der Waals surface area contributed by atoms with E-state index in [0.29, 0.717) is 24.4 Å².